The molecule has 1 aliphatic rings. The van der Waals surface area contributed by atoms with Crippen LogP contribution >= 0.6 is 11.6 Å². The number of benzene rings is 1. The van der Waals surface area contributed by atoms with Crippen LogP contribution in [0.4, 0.5) is 43.9 Å². The lowest BCUT2D eigenvalue weighted by atomic mass is 10.1. The molecule has 0 spiro atoms. The van der Waals surface area contributed by atoms with Crippen LogP contribution in [0.25, 0.3) is 16.9 Å². The van der Waals surface area contributed by atoms with Crippen LogP contribution in [0.1, 0.15) is 28.8 Å². The molecule has 21 heteroatoms. The highest BCUT2D eigenvalue weighted by molar-refractivity contribution is 7.88. The Balaban J connectivity index is 1.78. The maximum absolute atomic E-state index is 14.2. The van der Waals surface area contributed by atoms with Crippen LogP contribution in [0.3, 0.4) is 0 Å². The van der Waals surface area contributed by atoms with Gasteiger partial charge in [0.1, 0.15) is 0 Å². The summed E-state index contributed by atoms with van der Waals surface area (Å²) in [6.45, 7) is 0. The number of rotatable bonds is 7. The van der Waals surface area contributed by atoms with Crippen LogP contribution in [0.5, 0.6) is 5.88 Å². The summed E-state index contributed by atoms with van der Waals surface area (Å²) in [5.74, 6) is -4.01. The van der Waals surface area contributed by atoms with Gasteiger partial charge in [0.15, 0.2) is 11.4 Å². The molecule has 0 saturated heterocycles. The third-order valence-electron chi connectivity index (χ3n) is 6.28. The fourth-order valence-corrected chi connectivity index (χ4v) is 5.14. The third-order valence-corrected chi connectivity index (χ3v) is 8.13. The molecule has 0 N–H and O–H groups in total. The van der Waals surface area contributed by atoms with E-state index in [4.69, 9.17) is 11.6 Å². The molecule has 1 aliphatic carbocycles. The molecule has 0 atom stereocenters. The van der Waals surface area contributed by atoms with E-state index in [1.165, 1.54) is 23.1 Å². The van der Waals surface area contributed by atoms with Crippen molar-refractivity contribution in [3.63, 3.8) is 0 Å². The van der Waals surface area contributed by atoms with Crippen LogP contribution in [0.2, 0.25) is 5.02 Å². The molecule has 0 aliphatic heterocycles. The van der Waals surface area contributed by atoms with Gasteiger partial charge in [-0.3, -0.25) is 4.79 Å². The maximum atomic E-state index is 14.2. The molecule has 4 rings (SSSR count). The first-order chi connectivity index (χ1) is 19.5. The second-order valence-electron chi connectivity index (χ2n) is 9.27. The van der Waals surface area contributed by atoms with Gasteiger partial charge in [0.25, 0.3) is 11.8 Å². The monoisotopic (exact) mass is 671 g/mol. The fraction of sp³-hybridized carbons (Fsp3) is 0.409. The summed E-state index contributed by atoms with van der Waals surface area (Å²) in [7, 11) is -5.34. The number of alkyl halides is 10. The summed E-state index contributed by atoms with van der Waals surface area (Å²) < 4.78 is 162. The van der Waals surface area contributed by atoms with E-state index in [2.05, 4.69) is 14.4 Å². The topological polar surface area (TPSA) is 99.3 Å². The van der Waals surface area contributed by atoms with Crippen LogP contribution in [-0.4, -0.2) is 69.2 Å². The molecule has 1 saturated carbocycles. The highest BCUT2D eigenvalue weighted by Gasteiger charge is 2.82. The number of aromatic nitrogens is 4. The van der Waals surface area contributed by atoms with Crippen LogP contribution in [0, 0.1) is 0 Å². The Morgan fingerprint density at radius 3 is 2.12 bits per heavy atom. The van der Waals surface area contributed by atoms with Crippen molar-refractivity contribution in [3.8, 4) is 22.8 Å². The number of nitrogens with zero attached hydrogens (tertiary/aromatic N) is 5. The van der Waals surface area contributed by atoms with Crippen molar-refractivity contribution in [2.45, 2.75) is 42.4 Å². The Hall–Kier alpha value is -3.55. The molecule has 0 unspecified atom stereocenters. The van der Waals surface area contributed by atoms with E-state index in [1.807, 2.05) is 0 Å². The smallest absolute Gasteiger partial charge is 0.356 e. The first-order valence-corrected chi connectivity index (χ1v) is 13.3. The number of carbonyl (C=O) groups excluding carboxylic acids is 1. The largest absolute Gasteiger partial charge is 0.450 e. The van der Waals surface area contributed by atoms with E-state index >= 15 is 0 Å². The first-order valence-electron chi connectivity index (χ1n) is 11.5. The lowest BCUT2D eigenvalue weighted by molar-refractivity contribution is -0.307. The number of halogens is 11. The van der Waals surface area contributed by atoms with E-state index in [9.17, 15) is 57.1 Å². The number of amides is 1. The predicted molar refractivity (Wildman–Crippen MR) is 126 cm³/mol. The summed E-state index contributed by atoms with van der Waals surface area (Å²) in [6.07, 6.45) is -16.7. The molecule has 3 aromatic rings. The Morgan fingerprint density at radius 1 is 1.02 bits per heavy atom. The molecule has 1 amide bonds. The second-order valence-corrected chi connectivity index (χ2v) is 11.3. The highest BCUT2D eigenvalue weighted by Crippen LogP contribution is 2.51. The highest BCUT2D eigenvalue weighted by atomic mass is 35.5. The SMILES string of the molecule is CN(C(=O)c1cc(-c2cnn(-c3c(C(F)(F)F)c(OS(=O)(=O)C(F)(C(F)(F)F)C(F)(F)F)nn3C)c2)ccc1Cl)C1CC1. The summed E-state index contributed by atoms with van der Waals surface area (Å²) in [4.78, 5) is 14.3. The Morgan fingerprint density at radius 2 is 1.60 bits per heavy atom. The van der Waals surface area contributed by atoms with Gasteiger partial charge in [0, 0.05) is 31.9 Å². The zero-order valence-electron chi connectivity index (χ0n) is 21.3. The molecule has 0 radical (unpaired) electrons. The molecule has 43 heavy (non-hydrogen) atoms. The van der Waals surface area contributed by atoms with E-state index in [0.29, 0.717) is 11.7 Å². The zero-order chi connectivity index (χ0) is 32.5. The van der Waals surface area contributed by atoms with E-state index in [0.717, 1.165) is 25.2 Å². The van der Waals surface area contributed by atoms with Crippen molar-refractivity contribution < 1.29 is 61.3 Å². The van der Waals surface area contributed by atoms with Gasteiger partial charge in [-0.2, -0.15) is 53.0 Å². The molecular weight excluding hydrogens is 656 g/mol. The van der Waals surface area contributed by atoms with Crippen molar-refractivity contribution in [2.75, 3.05) is 7.05 Å². The van der Waals surface area contributed by atoms with Crippen molar-refractivity contribution >= 4 is 27.6 Å². The zero-order valence-corrected chi connectivity index (χ0v) is 22.9. The average molecular weight is 672 g/mol. The summed E-state index contributed by atoms with van der Waals surface area (Å²) in [5.41, 5.74) is -2.00. The molecule has 1 fully saturated rings. The molecule has 2 aromatic heterocycles. The average Bonchev–Trinajstić information content (AvgIpc) is 3.50. The number of carbonyl (C=O) groups is 1. The van der Waals surface area contributed by atoms with Gasteiger partial charge in [-0.1, -0.05) is 17.7 Å². The van der Waals surface area contributed by atoms with E-state index in [1.54, 1.807) is 7.05 Å². The van der Waals surface area contributed by atoms with Crippen molar-refractivity contribution in [1.82, 2.24) is 24.5 Å². The minimum Gasteiger partial charge on any atom is -0.356 e. The van der Waals surface area contributed by atoms with Gasteiger partial charge in [-0.05, 0) is 30.5 Å². The molecule has 1 aromatic carbocycles. The Labute approximate surface area is 239 Å². The quantitative estimate of drug-likeness (QED) is 0.237. The van der Waals surface area contributed by atoms with E-state index in [-0.39, 0.29) is 32.4 Å². The van der Waals surface area contributed by atoms with Crippen LogP contribution < -0.4 is 4.18 Å². The number of hydrogen-bond acceptors (Lipinski definition) is 6. The minimum atomic E-state index is -7.59. The van der Waals surface area contributed by atoms with Gasteiger partial charge in [0.2, 0.25) is 0 Å². The molecule has 236 valence electrons. The van der Waals surface area contributed by atoms with Crippen molar-refractivity contribution in [2.24, 2.45) is 7.05 Å². The lowest BCUT2D eigenvalue weighted by Gasteiger charge is -2.28. The summed E-state index contributed by atoms with van der Waals surface area (Å²) in [5, 5.41) is -0.400. The van der Waals surface area contributed by atoms with E-state index < -0.39 is 56.8 Å². The van der Waals surface area contributed by atoms with Gasteiger partial charge in [0.05, 0.1) is 16.8 Å². The molecule has 9 nitrogen and oxygen atoms in total. The van der Waals surface area contributed by atoms with Crippen molar-refractivity contribution in [3.05, 3.63) is 46.7 Å². The van der Waals surface area contributed by atoms with Gasteiger partial charge < -0.3 is 9.08 Å². The van der Waals surface area contributed by atoms with Crippen LogP contribution in [-0.2, 0) is 23.3 Å². The minimum absolute atomic E-state index is 0.00986. The summed E-state index contributed by atoms with van der Waals surface area (Å²) in [6, 6.07) is 4.03. The lowest BCUT2D eigenvalue weighted by Crippen LogP contribution is -2.60. The van der Waals surface area contributed by atoms with Gasteiger partial charge in [-0.25, -0.2) is 13.8 Å². The van der Waals surface area contributed by atoms with Crippen molar-refractivity contribution in [1.29, 1.82) is 0 Å². The number of hydrogen-bond donors (Lipinski definition) is 0. The molecular formula is C22H16ClF10N5O4S. The normalized spacial score (nSPS) is 15.1. The molecule has 2 heterocycles. The number of aryl methyl sites for hydroxylation is 1. The summed E-state index contributed by atoms with van der Waals surface area (Å²) >= 11 is 6.15. The van der Waals surface area contributed by atoms with Gasteiger partial charge in [-0.15, -0.1) is 5.10 Å². The third kappa shape index (κ3) is 5.61. The predicted octanol–water partition coefficient (Wildman–Crippen LogP) is 5.68. The van der Waals surface area contributed by atoms with Gasteiger partial charge >= 0.3 is 33.6 Å². The standard InChI is InChI=1S/C22H16ClF10N5O4S/c1-36(12-4-5-12)18(39)13-7-10(3-6-14(13)23)11-8-34-38(9-11)17-15(19(24,25)26)16(35-37(17)2)42-43(40,41)20(27,21(28,29)30)22(31,32)33/h3,6-9,12H,4-5H2,1-2H3. The fourth-order valence-electron chi connectivity index (χ4n) is 3.94. The maximum Gasteiger partial charge on any atom is 0.450 e. The Bertz CT molecular complexity index is 1660. The first kappa shape index (κ1) is 32.4. The van der Waals surface area contributed by atoms with Crippen LogP contribution in [0.15, 0.2) is 30.6 Å². The Kier molecular flexibility index (Phi) is 7.73. The molecule has 0 bridgehead atoms. The second kappa shape index (κ2) is 10.3.